The molecule has 0 aliphatic carbocycles. The van der Waals surface area contributed by atoms with Crippen molar-refractivity contribution < 1.29 is 14.3 Å². The number of rotatable bonds is 7. The van der Waals surface area contributed by atoms with E-state index >= 15 is 0 Å². The van der Waals surface area contributed by atoms with Crippen LogP contribution in [0.15, 0.2) is 54.9 Å². The van der Waals surface area contributed by atoms with Gasteiger partial charge in [-0.15, -0.1) is 0 Å². The maximum atomic E-state index is 12.0. The Morgan fingerprint density at radius 2 is 2.16 bits per heavy atom. The lowest BCUT2D eigenvalue weighted by Gasteiger charge is -2.13. The summed E-state index contributed by atoms with van der Waals surface area (Å²) < 4.78 is 13.0. The lowest BCUT2D eigenvalue weighted by atomic mass is 10.3. The molecule has 0 saturated heterocycles. The molecule has 0 bridgehead atoms. The second-order valence-corrected chi connectivity index (χ2v) is 5.60. The van der Waals surface area contributed by atoms with Gasteiger partial charge in [0.1, 0.15) is 24.1 Å². The van der Waals surface area contributed by atoms with Gasteiger partial charge in [-0.25, -0.2) is 4.98 Å². The number of fused-ring (bicyclic) bond motifs is 1. The summed E-state index contributed by atoms with van der Waals surface area (Å²) in [5, 5.41) is 2.82. The van der Waals surface area contributed by atoms with Crippen LogP contribution in [0.5, 0.6) is 5.75 Å². The van der Waals surface area contributed by atoms with E-state index in [2.05, 4.69) is 10.3 Å². The highest BCUT2D eigenvalue weighted by molar-refractivity contribution is 5.94. The van der Waals surface area contributed by atoms with Crippen molar-refractivity contribution in [2.75, 3.05) is 11.9 Å². The van der Waals surface area contributed by atoms with Crippen LogP contribution in [0.4, 0.5) is 5.69 Å². The molecule has 2 heterocycles. The number of amides is 1. The summed E-state index contributed by atoms with van der Waals surface area (Å²) in [7, 11) is 0. The Kier molecular flexibility index (Phi) is 5.30. The maximum Gasteiger partial charge on any atom is 0.253 e. The number of nitrogens with zero attached hydrogens (tertiary/aromatic N) is 2. The molecular weight excluding hydrogens is 318 g/mol. The fraction of sp³-hybridized carbons (Fsp3) is 0.263. The highest BCUT2D eigenvalue weighted by atomic mass is 16.5. The van der Waals surface area contributed by atoms with Crippen LogP contribution in [0.3, 0.4) is 0 Å². The second kappa shape index (κ2) is 7.81. The van der Waals surface area contributed by atoms with Gasteiger partial charge in [0.05, 0.1) is 5.69 Å². The molecule has 0 fully saturated rings. The Labute approximate surface area is 146 Å². The van der Waals surface area contributed by atoms with Crippen LogP contribution in [0.1, 0.15) is 19.5 Å². The third kappa shape index (κ3) is 4.36. The number of imidazole rings is 1. The fourth-order valence-corrected chi connectivity index (χ4v) is 2.45. The fourth-order valence-electron chi connectivity index (χ4n) is 2.45. The van der Waals surface area contributed by atoms with Gasteiger partial charge in [0, 0.05) is 30.8 Å². The van der Waals surface area contributed by atoms with Crippen LogP contribution in [0.2, 0.25) is 0 Å². The SMILES string of the molecule is CCOC(C)C(=O)Nc1cccc(OCc2cn3ccccc3n2)c1. The van der Waals surface area contributed by atoms with Gasteiger partial charge in [-0.05, 0) is 38.1 Å². The lowest BCUT2D eigenvalue weighted by molar-refractivity contribution is -0.126. The molecule has 1 aromatic carbocycles. The number of ether oxygens (including phenoxy) is 2. The minimum atomic E-state index is -0.493. The molecule has 1 amide bonds. The van der Waals surface area contributed by atoms with Crippen molar-refractivity contribution in [3.63, 3.8) is 0 Å². The summed E-state index contributed by atoms with van der Waals surface area (Å²) in [4.78, 5) is 16.5. The number of carbonyl (C=O) groups is 1. The standard InChI is InChI=1S/C19H21N3O3/c1-3-24-14(2)19(23)21-15-7-6-8-17(11-15)25-13-16-12-22-10-5-4-9-18(22)20-16/h4-12,14H,3,13H2,1-2H3,(H,21,23). The first-order valence-corrected chi connectivity index (χ1v) is 8.23. The van der Waals surface area contributed by atoms with E-state index in [9.17, 15) is 4.79 Å². The molecule has 1 atom stereocenters. The zero-order valence-corrected chi connectivity index (χ0v) is 14.3. The topological polar surface area (TPSA) is 64.9 Å². The third-order valence-corrected chi connectivity index (χ3v) is 3.69. The monoisotopic (exact) mass is 339 g/mol. The average molecular weight is 339 g/mol. The van der Waals surface area contributed by atoms with E-state index in [4.69, 9.17) is 9.47 Å². The van der Waals surface area contributed by atoms with Crippen molar-refractivity contribution in [2.24, 2.45) is 0 Å². The first kappa shape index (κ1) is 17.0. The molecule has 3 aromatic rings. The summed E-state index contributed by atoms with van der Waals surface area (Å²) in [6.07, 6.45) is 3.39. The van der Waals surface area contributed by atoms with Crippen molar-refractivity contribution >= 4 is 17.2 Å². The number of hydrogen-bond acceptors (Lipinski definition) is 4. The van der Waals surface area contributed by atoms with Crippen molar-refractivity contribution in [3.05, 3.63) is 60.6 Å². The van der Waals surface area contributed by atoms with Gasteiger partial charge in [-0.2, -0.15) is 0 Å². The summed E-state index contributed by atoms with van der Waals surface area (Å²) in [5.41, 5.74) is 2.39. The predicted molar refractivity (Wildman–Crippen MR) is 95.7 cm³/mol. The van der Waals surface area contributed by atoms with E-state index in [1.165, 1.54) is 0 Å². The maximum absolute atomic E-state index is 12.0. The van der Waals surface area contributed by atoms with Gasteiger partial charge in [-0.3, -0.25) is 4.79 Å². The van der Waals surface area contributed by atoms with Crippen LogP contribution >= 0.6 is 0 Å². The summed E-state index contributed by atoms with van der Waals surface area (Å²) in [6.45, 7) is 4.44. The van der Waals surface area contributed by atoms with E-state index < -0.39 is 6.10 Å². The van der Waals surface area contributed by atoms with E-state index in [0.717, 1.165) is 11.3 Å². The van der Waals surface area contributed by atoms with Crippen LogP contribution in [0.25, 0.3) is 5.65 Å². The molecule has 6 heteroatoms. The number of carbonyl (C=O) groups excluding carboxylic acids is 1. The molecule has 0 spiro atoms. The Morgan fingerprint density at radius 3 is 2.96 bits per heavy atom. The molecular formula is C19H21N3O3. The molecule has 2 aromatic heterocycles. The van der Waals surface area contributed by atoms with Crippen molar-refractivity contribution in [1.82, 2.24) is 9.38 Å². The third-order valence-electron chi connectivity index (χ3n) is 3.69. The van der Waals surface area contributed by atoms with E-state index in [1.54, 1.807) is 13.0 Å². The number of benzene rings is 1. The molecule has 1 unspecified atom stereocenters. The van der Waals surface area contributed by atoms with Crippen LogP contribution in [-0.4, -0.2) is 28.0 Å². The highest BCUT2D eigenvalue weighted by Crippen LogP contribution is 2.19. The van der Waals surface area contributed by atoms with Crippen LogP contribution < -0.4 is 10.1 Å². The molecule has 0 aliphatic heterocycles. The Balaban J connectivity index is 1.62. The number of pyridine rings is 1. The number of hydrogen-bond donors (Lipinski definition) is 1. The van der Waals surface area contributed by atoms with Gasteiger partial charge in [0.15, 0.2) is 0 Å². The summed E-state index contributed by atoms with van der Waals surface area (Å²) >= 11 is 0. The molecule has 0 saturated carbocycles. The minimum absolute atomic E-state index is 0.181. The number of nitrogens with one attached hydrogen (secondary N) is 1. The molecule has 0 radical (unpaired) electrons. The average Bonchev–Trinajstić information content (AvgIpc) is 3.03. The summed E-state index contributed by atoms with van der Waals surface area (Å²) in [6, 6.07) is 13.1. The lowest BCUT2D eigenvalue weighted by Crippen LogP contribution is -2.27. The Hall–Kier alpha value is -2.86. The second-order valence-electron chi connectivity index (χ2n) is 5.60. The van der Waals surface area contributed by atoms with Gasteiger partial charge in [0.2, 0.25) is 0 Å². The highest BCUT2D eigenvalue weighted by Gasteiger charge is 2.12. The summed E-state index contributed by atoms with van der Waals surface area (Å²) in [5.74, 6) is 0.485. The molecule has 1 N–H and O–H groups in total. The van der Waals surface area contributed by atoms with Gasteiger partial charge in [-0.1, -0.05) is 12.1 Å². The van der Waals surface area contributed by atoms with E-state index in [1.807, 2.05) is 60.1 Å². The number of aromatic nitrogens is 2. The predicted octanol–water partition coefficient (Wildman–Crippen LogP) is 3.28. The van der Waals surface area contributed by atoms with Gasteiger partial charge < -0.3 is 19.2 Å². The van der Waals surface area contributed by atoms with E-state index in [0.29, 0.717) is 24.7 Å². The molecule has 130 valence electrons. The number of anilines is 1. The smallest absolute Gasteiger partial charge is 0.253 e. The Morgan fingerprint density at radius 1 is 1.28 bits per heavy atom. The van der Waals surface area contributed by atoms with Crippen LogP contribution in [-0.2, 0) is 16.1 Å². The largest absolute Gasteiger partial charge is 0.487 e. The minimum Gasteiger partial charge on any atom is -0.487 e. The van der Waals surface area contributed by atoms with Crippen LogP contribution in [0, 0.1) is 0 Å². The van der Waals surface area contributed by atoms with Crippen molar-refractivity contribution in [2.45, 2.75) is 26.6 Å². The first-order chi connectivity index (χ1) is 12.2. The van der Waals surface area contributed by atoms with Crippen molar-refractivity contribution in [3.8, 4) is 5.75 Å². The Bertz CT molecular complexity index is 827. The molecule has 25 heavy (non-hydrogen) atoms. The zero-order valence-electron chi connectivity index (χ0n) is 14.3. The normalized spacial score (nSPS) is 12.1. The molecule has 0 aliphatic rings. The van der Waals surface area contributed by atoms with Gasteiger partial charge in [0.25, 0.3) is 5.91 Å². The van der Waals surface area contributed by atoms with Gasteiger partial charge >= 0.3 is 0 Å². The molecule has 6 nitrogen and oxygen atoms in total. The quantitative estimate of drug-likeness (QED) is 0.717. The van der Waals surface area contributed by atoms with E-state index in [-0.39, 0.29) is 5.91 Å². The first-order valence-electron chi connectivity index (χ1n) is 8.23. The zero-order chi connectivity index (χ0) is 17.6. The molecule has 3 rings (SSSR count). The van der Waals surface area contributed by atoms with Crippen molar-refractivity contribution in [1.29, 1.82) is 0 Å².